The summed E-state index contributed by atoms with van der Waals surface area (Å²) in [7, 11) is 0. The molecule has 90 valence electrons. The van der Waals surface area contributed by atoms with E-state index in [9.17, 15) is 4.79 Å². The molecule has 1 aromatic rings. The third-order valence-electron chi connectivity index (χ3n) is 1.77. The van der Waals surface area contributed by atoms with Crippen molar-refractivity contribution in [2.75, 3.05) is 5.32 Å². The molecule has 4 heteroatoms. The number of hydrogen-bond donors (Lipinski definition) is 1. The number of terminal acetylenes is 1. The lowest BCUT2D eigenvalue weighted by molar-refractivity contribution is 0.0636. The quantitative estimate of drug-likeness (QED) is 0.625. The second-order valence-corrected chi connectivity index (χ2v) is 5.71. The van der Waals surface area contributed by atoms with Crippen LogP contribution >= 0.6 is 22.6 Å². The van der Waals surface area contributed by atoms with Crippen molar-refractivity contribution in [1.82, 2.24) is 0 Å². The van der Waals surface area contributed by atoms with Gasteiger partial charge in [0.1, 0.15) is 5.60 Å². The number of ether oxygens (including phenoxy) is 1. The summed E-state index contributed by atoms with van der Waals surface area (Å²) in [5.41, 5.74) is 0.701. The summed E-state index contributed by atoms with van der Waals surface area (Å²) < 4.78 is 6.15. The molecule has 0 unspecified atom stereocenters. The number of hydrogen-bond acceptors (Lipinski definition) is 2. The van der Waals surface area contributed by atoms with Crippen molar-refractivity contribution in [1.29, 1.82) is 0 Å². The lowest BCUT2D eigenvalue weighted by Crippen LogP contribution is -2.27. The van der Waals surface area contributed by atoms with E-state index in [1.165, 1.54) is 0 Å². The minimum absolute atomic E-state index is 0.504. The Kier molecular flexibility index (Phi) is 4.40. The number of anilines is 1. The molecule has 0 saturated heterocycles. The topological polar surface area (TPSA) is 38.3 Å². The number of halogens is 1. The van der Waals surface area contributed by atoms with Crippen LogP contribution in [0.25, 0.3) is 0 Å². The first-order valence-electron chi connectivity index (χ1n) is 5.08. The highest BCUT2D eigenvalue weighted by Crippen LogP contribution is 2.19. The highest BCUT2D eigenvalue weighted by atomic mass is 127. The van der Waals surface area contributed by atoms with Crippen molar-refractivity contribution < 1.29 is 9.53 Å². The minimum Gasteiger partial charge on any atom is -0.444 e. The number of benzene rings is 1. The van der Waals surface area contributed by atoms with Crippen LogP contribution in [0.3, 0.4) is 0 Å². The van der Waals surface area contributed by atoms with Crippen LogP contribution < -0.4 is 5.32 Å². The van der Waals surface area contributed by atoms with Gasteiger partial charge in [0.15, 0.2) is 0 Å². The molecule has 0 heterocycles. The SMILES string of the molecule is C#Cc1ccc(I)cc1NC(=O)OC(C)(C)C. The highest BCUT2D eigenvalue weighted by Gasteiger charge is 2.17. The van der Waals surface area contributed by atoms with Gasteiger partial charge >= 0.3 is 6.09 Å². The zero-order chi connectivity index (χ0) is 13.1. The average molecular weight is 343 g/mol. The van der Waals surface area contributed by atoms with Crippen LogP contribution in [0.15, 0.2) is 18.2 Å². The van der Waals surface area contributed by atoms with Crippen molar-refractivity contribution >= 4 is 34.4 Å². The molecule has 1 N–H and O–H groups in total. The van der Waals surface area contributed by atoms with Crippen LogP contribution in [0.4, 0.5) is 10.5 Å². The second-order valence-electron chi connectivity index (χ2n) is 4.46. The Morgan fingerprint density at radius 3 is 2.65 bits per heavy atom. The van der Waals surface area contributed by atoms with Gasteiger partial charge in [-0.1, -0.05) is 5.92 Å². The first-order valence-corrected chi connectivity index (χ1v) is 6.16. The summed E-state index contributed by atoms with van der Waals surface area (Å²) in [6, 6.07) is 5.48. The molecule has 0 aromatic heterocycles. The molecule has 1 rings (SSSR count). The normalized spacial score (nSPS) is 10.5. The van der Waals surface area contributed by atoms with E-state index < -0.39 is 11.7 Å². The third-order valence-corrected chi connectivity index (χ3v) is 2.44. The molecule has 0 aliphatic carbocycles. The van der Waals surface area contributed by atoms with Gasteiger partial charge in [-0.3, -0.25) is 5.32 Å². The molecule has 0 bridgehead atoms. The summed E-state index contributed by atoms with van der Waals surface area (Å²) in [4.78, 5) is 11.6. The van der Waals surface area contributed by atoms with E-state index in [0.29, 0.717) is 11.3 Å². The van der Waals surface area contributed by atoms with E-state index in [1.807, 2.05) is 26.8 Å². The molecule has 0 aliphatic heterocycles. The van der Waals surface area contributed by atoms with E-state index in [0.717, 1.165) is 3.57 Å². The number of amides is 1. The number of nitrogens with one attached hydrogen (secondary N) is 1. The van der Waals surface area contributed by atoms with E-state index in [2.05, 4.69) is 33.8 Å². The first kappa shape index (κ1) is 13.8. The second kappa shape index (κ2) is 5.41. The Morgan fingerprint density at radius 1 is 1.47 bits per heavy atom. The maximum absolute atomic E-state index is 11.6. The maximum atomic E-state index is 11.6. The fourth-order valence-electron chi connectivity index (χ4n) is 1.16. The predicted molar refractivity (Wildman–Crippen MR) is 77.0 cm³/mol. The summed E-state index contributed by atoms with van der Waals surface area (Å²) >= 11 is 2.15. The largest absolute Gasteiger partial charge is 0.444 e. The van der Waals surface area contributed by atoms with Crippen LogP contribution in [0.1, 0.15) is 26.3 Å². The summed E-state index contributed by atoms with van der Waals surface area (Å²) in [5.74, 6) is 2.52. The summed E-state index contributed by atoms with van der Waals surface area (Å²) in [5, 5.41) is 2.65. The molecule has 0 spiro atoms. The smallest absolute Gasteiger partial charge is 0.412 e. The molecule has 0 aliphatic rings. The molecule has 3 nitrogen and oxygen atoms in total. The van der Waals surface area contributed by atoms with Crippen molar-refractivity contribution in [3.05, 3.63) is 27.3 Å². The molecular formula is C13H14INO2. The van der Waals surface area contributed by atoms with Gasteiger partial charge in [0.2, 0.25) is 0 Å². The zero-order valence-corrected chi connectivity index (χ0v) is 12.2. The molecular weight excluding hydrogens is 329 g/mol. The molecule has 0 fully saturated rings. The van der Waals surface area contributed by atoms with E-state index in [4.69, 9.17) is 11.2 Å². The van der Waals surface area contributed by atoms with Crippen molar-refractivity contribution in [2.24, 2.45) is 0 Å². The fourth-order valence-corrected chi connectivity index (χ4v) is 1.65. The van der Waals surface area contributed by atoms with Gasteiger partial charge in [-0.05, 0) is 61.6 Å². The highest BCUT2D eigenvalue weighted by molar-refractivity contribution is 14.1. The lowest BCUT2D eigenvalue weighted by atomic mass is 10.2. The molecule has 0 radical (unpaired) electrons. The van der Waals surface area contributed by atoms with E-state index in [1.54, 1.807) is 12.1 Å². The summed E-state index contributed by atoms with van der Waals surface area (Å²) in [6.07, 6.45) is 4.86. The Hall–Kier alpha value is -1.22. The van der Waals surface area contributed by atoms with Crippen molar-refractivity contribution in [3.63, 3.8) is 0 Å². The van der Waals surface area contributed by atoms with Crippen LogP contribution in [0.2, 0.25) is 0 Å². The van der Waals surface area contributed by atoms with Gasteiger partial charge in [-0.25, -0.2) is 4.79 Å². The molecule has 0 atom stereocenters. The Labute approximate surface area is 115 Å². The summed E-state index contributed by atoms with van der Waals surface area (Å²) in [6.45, 7) is 5.43. The van der Waals surface area contributed by atoms with Crippen LogP contribution in [-0.2, 0) is 4.74 Å². The average Bonchev–Trinajstić information content (AvgIpc) is 2.14. The maximum Gasteiger partial charge on any atom is 0.412 e. The third kappa shape index (κ3) is 4.65. The van der Waals surface area contributed by atoms with Gasteiger partial charge < -0.3 is 4.74 Å². The lowest BCUT2D eigenvalue weighted by Gasteiger charge is -2.20. The van der Waals surface area contributed by atoms with Gasteiger partial charge in [-0.2, -0.15) is 0 Å². The Morgan fingerprint density at radius 2 is 2.12 bits per heavy atom. The van der Waals surface area contributed by atoms with Crippen LogP contribution in [-0.4, -0.2) is 11.7 Å². The molecule has 1 amide bonds. The Bertz CT molecular complexity index is 469. The monoisotopic (exact) mass is 343 g/mol. The van der Waals surface area contributed by atoms with Crippen molar-refractivity contribution in [3.8, 4) is 12.3 Å². The van der Waals surface area contributed by atoms with Crippen LogP contribution in [0.5, 0.6) is 0 Å². The van der Waals surface area contributed by atoms with Gasteiger partial charge in [0.05, 0.1) is 5.69 Å². The van der Waals surface area contributed by atoms with E-state index in [-0.39, 0.29) is 0 Å². The van der Waals surface area contributed by atoms with Gasteiger partial charge in [0, 0.05) is 9.13 Å². The van der Waals surface area contributed by atoms with Crippen molar-refractivity contribution in [2.45, 2.75) is 26.4 Å². The molecule has 1 aromatic carbocycles. The number of rotatable bonds is 1. The standard InChI is InChI=1S/C13H14INO2/c1-5-9-6-7-10(14)8-11(9)15-12(16)17-13(2,3)4/h1,6-8H,2-4H3,(H,15,16). The fraction of sp³-hybridized carbons (Fsp3) is 0.308. The van der Waals surface area contributed by atoms with E-state index >= 15 is 0 Å². The molecule has 0 saturated carbocycles. The number of carbonyl (C=O) groups is 1. The van der Waals surface area contributed by atoms with Crippen LogP contribution in [0, 0.1) is 15.9 Å². The minimum atomic E-state index is -0.525. The number of carbonyl (C=O) groups excluding carboxylic acids is 1. The molecule has 17 heavy (non-hydrogen) atoms. The first-order chi connectivity index (χ1) is 7.81. The van der Waals surface area contributed by atoms with Gasteiger partial charge in [-0.15, -0.1) is 6.42 Å². The zero-order valence-electron chi connectivity index (χ0n) is 10.0. The van der Waals surface area contributed by atoms with Gasteiger partial charge in [0.25, 0.3) is 0 Å². The predicted octanol–water partition coefficient (Wildman–Crippen LogP) is 3.62. The Balaban J connectivity index is 2.85.